The molecule has 4 rings (SSSR count). The Morgan fingerprint density at radius 3 is 1.91 bits per heavy atom. The second kappa shape index (κ2) is 22.1. The van der Waals surface area contributed by atoms with Crippen molar-refractivity contribution in [2.24, 2.45) is 37.5 Å². The van der Waals surface area contributed by atoms with Gasteiger partial charge in [0.05, 0.1) is 26.6 Å². The van der Waals surface area contributed by atoms with Gasteiger partial charge in [0, 0.05) is 51.9 Å². The van der Waals surface area contributed by atoms with Gasteiger partial charge in [-0.3, -0.25) is 4.99 Å². The van der Waals surface area contributed by atoms with Crippen molar-refractivity contribution in [1.82, 2.24) is 15.4 Å². The minimum Gasteiger partial charge on any atom is -0.497 e. The van der Waals surface area contributed by atoms with E-state index in [4.69, 9.17) is 26.7 Å². The lowest BCUT2D eigenvalue weighted by Crippen LogP contribution is -2.27. The van der Waals surface area contributed by atoms with E-state index in [-0.39, 0.29) is 0 Å². The third kappa shape index (κ3) is 13.2. The maximum Gasteiger partial charge on any atom is 0.209 e. The Bertz CT molecular complexity index is 1550. The Morgan fingerprint density at radius 2 is 1.41 bits per heavy atom. The highest BCUT2D eigenvalue weighted by Gasteiger charge is 2.04. The third-order valence-electron chi connectivity index (χ3n) is 6.64. The van der Waals surface area contributed by atoms with Gasteiger partial charge in [-0.1, -0.05) is 51.3 Å². The third-order valence-corrected chi connectivity index (χ3v) is 7.14. The molecular formula is C33H50N10O2S. The number of ether oxygens (including phenoxy) is 2. The molecule has 2 heterocycles. The van der Waals surface area contributed by atoms with Crippen LogP contribution in [0.4, 0.5) is 0 Å². The van der Waals surface area contributed by atoms with Crippen molar-refractivity contribution in [1.29, 1.82) is 0 Å². The molecule has 0 aliphatic heterocycles. The van der Waals surface area contributed by atoms with Crippen LogP contribution in [0.25, 0.3) is 21.8 Å². The summed E-state index contributed by atoms with van der Waals surface area (Å²) >= 11 is 1.36. The zero-order valence-electron chi connectivity index (χ0n) is 27.7. The number of methoxy groups -OCH3 is 2. The van der Waals surface area contributed by atoms with Gasteiger partial charge < -0.3 is 36.6 Å². The zero-order valence-corrected chi connectivity index (χ0v) is 28.5. The molecule has 0 fully saturated rings. The van der Waals surface area contributed by atoms with Crippen LogP contribution in [0.1, 0.15) is 63.5 Å². The number of hydrazone groups is 1. The molecule has 0 unspecified atom stereocenters. The van der Waals surface area contributed by atoms with Crippen LogP contribution in [-0.2, 0) is 0 Å². The predicted octanol–water partition coefficient (Wildman–Crippen LogP) is 5.93. The molecule has 0 amide bonds. The average Bonchev–Trinajstić information content (AvgIpc) is 3.69. The number of hydrogen-bond donors (Lipinski definition) is 6. The van der Waals surface area contributed by atoms with Crippen LogP contribution in [-0.4, -0.2) is 67.1 Å². The van der Waals surface area contributed by atoms with Crippen LogP contribution in [0.15, 0.2) is 69.1 Å². The Hall–Kier alpha value is -4.49. The number of aromatic amines is 2. The number of nitrogens with two attached hydrogens (primary N) is 3. The molecule has 2 aromatic carbocycles. The second-order valence-corrected chi connectivity index (χ2v) is 10.9. The molecule has 0 aliphatic rings. The summed E-state index contributed by atoms with van der Waals surface area (Å²) in [6, 6.07) is 11.7. The number of thioether (sulfide) groups is 1. The molecule has 250 valence electrons. The van der Waals surface area contributed by atoms with Crippen LogP contribution < -0.4 is 32.1 Å². The molecule has 0 saturated carbocycles. The van der Waals surface area contributed by atoms with Gasteiger partial charge in [0.15, 0.2) is 5.17 Å². The van der Waals surface area contributed by atoms with Gasteiger partial charge in [0.1, 0.15) is 11.5 Å². The first-order valence-corrected chi connectivity index (χ1v) is 16.6. The minimum atomic E-state index is 0.338. The van der Waals surface area contributed by atoms with Crippen molar-refractivity contribution >= 4 is 57.1 Å². The normalized spacial score (nSPS) is 11.9. The van der Waals surface area contributed by atoms with E-state index in [0.29, 0.717) is 11.1 Å². The van der Waals surface area contributed by atoms with E-state index in [1.54, 1.807) is 26.6 Å². The standard InChI is InChI=1S/C16H23N5O.C12H14N4OS.C5H13N/c1-3-4-5-8-18-16(17)21-20-11-12-10-19-15-7-6-13(22-2)9-14(12)15;1-17-9-3-4-11-10(5-9)8(6-14-11)7-15-16-12(13)18-2;1-2-3-4-5-6/h6-7,9-11,19H,3-5,8H2,1-2H3,(H3,17,18,21);3-7,14H,1-2H3,(H2,13,16);2-6H2,1H3/b20-11+;15-7+;. The fourth-order valence-corrected chi connectivity index (χ4v) is 4.19. The summed E-state index contributed by atoms with van der Waals surface area (Å²) in [7, 11) is 3.30. The number of nitrogens with zero attached hydrogens (tertiary/aromatic N) is 4. The molecule has 0 saturated heterocycles. The molecule has 0 atom stereocenters. The highest BCUT2D eigenvalue weighted by molar-refractivity contribution is 8.13. The summed E-state index contributed by atoms with van der Waals surface area (Å²) in [6.45, 7) is 5.92. The molecule has 12 nitrogen and oxygen atoms in total. The van der Waals surface area contributed by atoms with Gasteiger partial charge in [-0.25, -0.2) is 5.43 Å². The number of unbranched alkanes of at least 4 members (excludes halogenated alkanes) is 4. The van der Waals surface area contributed by atoms with Crippen molar-refractivity contribution in [3.63, 3.8) is 0 Å². The molecule has 2 aromatic heterocycles. The maximum atomic E-state index is 5.75. The highest BCUT2D eigenvalue weighted by Crippen LogP contribution is 2.23. The Morgan fingerprint density at radius 1 is 0.848 bits per heavy atom. The number of rotatable bonds is 13. The molecule has 0 aliphatic carbocycles. The molecular weight excluding hydrogens is 600 g/mol. The van der Waals surface area contributed by atoms with E-state index in [1.165, 1.54) is 37.4 Å². The Kier molecular flexibility index (Phi) is 18.1. The van der Waals surface area contributed by atoms with E-state index < -0.39 is 0 Å². The summed E-state index contributed by atoms with van der Waals surface area (Å²) < 4.78 is 10.4. The van der Waals surface area contributed by atoms with Gasteiger partial charge in [-0.2, -0.15) is 10.2 Å². The second-order valence-electron chi connectivity index (χ2n) is 10.0. The number of hydrogen-bond acceptors (Lipinski definition) is 8. The van der Waals surface area contributed by atoms with Gasteiger partial charge in [-0.15, -0.1) is 5.10 Å². The topological polar surface area (TPSA) is 190 Å². The lowest BCUT2D eigenvalue weighted by molar-refractivity contribution is 0.415. The van der Waals surface area contributed by atoms with E-state index in [9.17, 15) is 0 Å². The maximum absolute atomic E-state index is 5.75. The molecule has 0 radical (unpaired) electrons. The van der Waals surface area contributed by atoms with Crippen LogP contribution >= 0.6 is 11.8 Å². The number of H-pyrrole nitrogens is 2. The first-order chi connectivity index (χ1) is 22.4. The average molecular weight is 651 g/mol. The van der Waals surface area contributed by atoms with E-state index in [0.717, 1.165) is 70.4 Å². The molecule has 0 bridgehead atoms. The van der Waals surface area contributed by atoms with Crippen LogP contribution in [0, 0.1) is 0 Å². The first-order valence-electron chi connectivity index (χ1n) is 15.4. The quantitative estimate of drug-likeness (QED) is 0.0447. The Labute approximate surface area is 276 Å². The Balaban J connectivity index is 0.000000276. The first kappa shape index (κ1) is 37.7. The van der Waals surface area contributed by atoms with Crippen LogP contribution in [0.3, 0.4) is 0 Å². The van der Waals surface area contributed by atoms with Gasteiger partial charge in [0.25, 0.3) is 0 Å². The van der Waals surface area contributed by atoms with Crippen molar-refractivity contribution in [3.05, 3.63) is 59.9 Å². The lowest BCUT2D eigenvalue weighted by Gasteiger charge is -2.00. The molecule has 46 heavy (non-hydrogen) atoms. The molecule has 0 spiro atoms. The lowest BCUT2D eigenvalue weighted by atomic mass is 10.2. The summed E-state index contributed by atoms with van der Waals surface area (Å²) in [5.74, 6) is 1.96. The smallest absolute Gasteiger partial charge is 0.209 e. The highest BCUT2D eigenvalue weighted by atomic mass is 32.2. The van der Waals surface area contributed by atoms with E-state index >= 15 is 0 Å². The number of aliphatic imine (C=N–C) groups is 1. The number of aromatic nitrogens is 2. The van der Waals surface area contributed by atoms with Gasteiger partial charge in [0.2, 0.25) is 5.96 Å². The largest absolute Gasteiger partial charge is 0.497 e. The molecule has 13 heteroatoms. The minimum absolute atomic E-state index is 0.338. The number of guanidine groups is 1. The summed E-state index contributed by atoms with van der Waals surface area (Å²) in [5.41, 5.74) is 23.2. The SMILES string of the molecule is CCCCCN.CCCCCN=C(N)N/N=C/c1c[nH]c2ccc(OC)cc12.COc1ccc2[nH]cc(/C=N/N=C(N)SC)c2c1. The van der Waals surface area contributed by atoms with Crippen molar-refractivity contribution in [2.75, 3.05) is 33.6 Å². The summed E-state index contributed by atoms with van der Waals surface area (Å²) in [6.07, 6.45) is 16.1. The number of amidine groups is 1. The number of nitrogens with one attached hydrogen (secondary N) is 3. The van der Waals surface area contributed by atoms with E-state index in [1.807, 2.05) is 55.0 Å². The molecule has 9 N–H and O–H groups in total. The van der Waals surface area contributed by atoms with Crippen molar-refractivity contribution in [3.8, 4) is 11.5 Å². The summed E-state index contributed by atoms with van der Waals surface area (Å²) in [4.78, 5) is 10.6. The predicted molar refractivity (Wildman–Crippen MR) is 198 cm³/mol. The van der Waals surface area contributed by atoms with Gasteiger partial charge >= 0.3 is 0 Å². The van der Waals surface area contributed by atoms with Crippen LogP contribution in [0.2, 0.25) is 0 Å². The zero-order chi connectivity index (χ0) is 33.6. The molecule has 4 aromatic rings. The van der Waals surface area contributed by atoms with Crippen molar-refractivity contribution < 1.29 is 9.47 Å². The summed E-state index contributed by atoms with van der Waals surface area (Å²) in [5, 5.41) is 14.4. The van der Waals surface area contributed by atoms with Crippen LogP contribution in [0.5, 0.6) is 11.5 Å². The van der Waals surface area contributed by atoms with Crippen molar-refractivity contribution in [2.45, 2.75) is 52.4 Å². The fraction of sp³-hybridized carbons (Fsp3) is 0.394. The number of benzene rings is 2. The monoisotopic (exact) mass is 650 g/mol. The fourth-order valence-electron chi connectivity index (χ4n) is 4.06. The number of fused-ring (bicyclic) bond motifs is 2. The van der Waals surface area contributed by atoms with E-state index in [2.05, 4.69) is 49.5 Å². The van der Waals surface area contributed by atoms with Gasteiger partial charge in [-0.05, 0) is 62.0 Å².